The van der Waals surface area contributed by atoms with Crippen LogP contribution >= 0.6 is 0 Å². The van der Waals surface area contributed by atoms with E-state index < -0.39 is 0 Å². The lowest BCUT2D eigenvalue weighted by Gasteiger charge is -2.19. The van der Waals surface area contributed by atoms with E-state index in [-0.39, 0.29) is 17.6 Å². The van der Waals surface area contributed by atoms with Gasteiger partial charge in [-0.1, -0.05) is 12.1 Å². The molecule has 2 amide bonds. The molecule has 1 aromatic carbocycles. The zero-order chi connectivity index (χ0) is 13.7. The van der Waals surface area contributed by atoms with E-state index in [2.05, 4.69) is 5.32 Å². The second kappa shape index (κ2) is 6.31. The molecule has 0 spiro atoms. The highest BCUT2D eigenvalue weighted by Gasteiger charge is 2.17. The minimum Gasteiger partial charge on any atom is -0.354 e. The average molecular weight is 264 g/mol. The molecule has 2 rings (SSSR count). The number of hydrogen-bond donors (Lipinski definition) is 1. The molecule has 4 nitrogen and oxygen atoms in total. The van der Waals surface area contributed by atoms with Gasteiger partial charge in [0.15, 0.2) is 0 Å². The zero-order valence-corrected chi connectivity index (χ0v) is 10.7. The molecule has 5 heteroatoms. The minimum absolute atomic E-state index is 0.0135. The number of amides is 2. The van der Waals surface area contributed by atoms with E-state index in [1.807, 2.05) is 6.07 Å². The molecule has 0 aliphatic carbocycles. The number of halogens is 1. The highest BCUT2D eigenvalue weighted by atomic mass is 19.1. The van der Waals surface area contributed by atoms with Gasteiger partial charge in [-0.05, 0) is 24.1 Å². The second-order valence-electron chi connectivity index (χ2n) is 4.61. The third-order valence-corrected chi connectivity index (χ3v) is 3.18. The van der Waals surface area contributed by atoms with Gasteiger partial charge in [0, 0.05) is 32.5 Å². The van der Waals surface area contributed by atoms with E-state index in [0.29, 0.717) is 38.9 Å². The summed E-state index contributed by atoms with van der Waals surface area (Å²) in [6.07, 6.45) is 1.22. The van der Waals surface area contributed by atoms with Crippen molar-refractivity contribution in [3.63, 3.8) is 0 Å². The van der Waals surface area contributed by atoms with E-state index in [4.69, 9.17) is 0 Å². The third kappa shape index (κ3) is 4.05. The molecule has 0 radical (unpaired) electrons. The summed E-state index contributed by atoms with van der Waals surface area (Å²) in [6, 6.07) is 6.28. The Morgan fingerprint density at radius 2 is 2.21 bits per heavy atom. The molecule has 0 aromatic heterocycles. The average Bonchev–Trinajstić information content (AvgIpc) is 2.61. The quantitative estimate of drug-likeness (QED) is 0.889. The van der Waals surface area contributed by atoms with Gasteiger partial charge in [0.25, 0.3) is 0 Å². The van der Waals surface area contributed by atoms with Gasteiger partial charge in [0.2, 0.25) is 11.8 Å². The van der Waals surface area contributed by atoms with Crippen molar-refractivity contribution in [3.8, 4) is 0 Å². The lowest BCUT2D eigenvalue weighted by Crippen LogP contribution is -2.34. The highest BCUT2D eigenvalue weighted by molar-refractivity contribution is 5.80. The van der Waals surface area contributed by atoms with Crippen molar-refractivity contribution in [2.24, 2.45) is 0 Å². The molecule has 0 bridgehead atoms. The van der Waals surface area contributed by atoms with Crippen molar-refractivity contribution in [1.82, 2.24) is 10.2 Å². The molecule has 0 saturated carbocycles. The Bertz CT molecular complexity index is 476. The summed E-state index contributed by atoms with van der Waals surface area (Å²) in [4.78, 5) is 24.9. The molecule has 1 aliphatic heterocycles. The van der Waals surface area contributed by atoms with E-state index in [9.17, 15) is 14.0 Å². The Morgan fingerprint density at radius 3 is 3.00 bits per heavy atom. The van der Waals surface area contributed by atoms with Crippen LogP contribution in [-0.4, -0.2) is 36.3 Å². The van der Waals surface area contributed by atoms with Gasteiger partial charge < -0.3 is 10.2 Å². The van der Waals surface area contributed by atoms with Crippen LogP contribution in [0.2, 0.25) is 0 Å². The van der Waals surface area contributed by atoms with Crippen molar-refractivity contribution < 1.29 is 14.0 Å². The number of hydrogen-bond acceptors (Lipinski definition) is 2. The van der Waals surface area contributed by atoms with Crippen LogP contribution in [0.1, 0.15) is 18.4 Å². The van der Waals surface area contributed by atoms with Crippen molar-refractivity contribution in [2.75, 3.05) is 19.6 Å². The molecule has 0 atom stereocenters. The van der Waals surface area contributed by atoms with E-state index in [0.717, 1.165) is 5.56 Å². The van der Waals surface area contributed by atoms with E-state index in [1.54, 1.807) is 11.0 Å². The summed E-state index contributed by atoms with van der Waals surface area (Å²) in [6.45, 7) is 1.52. The SMILES string of the molecule is O=C1CCN(C(=O)CCc2cccc(F)c2)CCN1. The number of nitrogens with zero attached hydrogens (tertiary/aromatic N) is 1. The van der Waals surface area contributed by atoms with Crippen LogP contribution in [0.4, 0.5) is 4.39 Å². The minimum atomic E-state index is -0.283. The number of aryl methyl sites for hydroxylation is 1. The fourth-order valence-corrected chi connectivity index (χ4v) is 2.12. The highest BCUT2D eigenvalue weighted by Crippen LogP contribution is 2.08. The fourth-order valence-electron chi connectivity index (χ4n) is 2.12. The summed E-state index contributed by atoms with van der Waals surface area (Å²) >= 11 is 0. The van der Waals surface area contributed by atoms with Crippen LogP contribution in [0.3, 0.4) is 0 Å². The Kier molecular flexibility index (Phi) is 4.49. The van der Waals surface area contributed by atoms with Crippen LogP contribution in [0.15, 0.2) is 24.3 Å². The molecule has 102 valence electrons. The molecule has 1 N–H and O–H groups in total. The van der Waals surface area contributed by atoms with Gasteiger partial charge in [0.1, 0.15) is 5.82 Å². The molecule has 19 heavy (non-hydrogen) atoms. The third-order valence-electron chi connectivity index (χ3n) is 3.18. The first-order chi connectivity index (χ1) is 9.15. The zero-order valence-electron chi connectivity index (χ0n) is 10.7. The van der Waals surface area contributed by atoms with Crippen molar-refractivity contribution >= 4 is 11.8 Å². The Balaban J connectivity index is 1.85. The number of benzene rings is 1. The maximum atomic E-state index is 13.0. The van der Waals surface area contributed by atoms with Gasteiger partial charge in [0.05, 0.1) is 0 Å². The Labute approximate surface area is 111 Å². The lowest BCUT2D eigenvalue weighted by molar-refractivity contribution is -0.131. The van der Waals surface area contributed by atoms with Gasteiger partial charge in [-0.15, -0.1) is 0 Å². The Hall–Kier alpha value is -1.91. The first kappa shape index (κ1) is 13.5. The largest absolute Gasteiger partial charge is 0.354 e. The van der Waals surface area contributed by atoms with Crippen molar-refractivity contribution in [2.45, 2.75) is 19.3 Å². The van der Waals surface area contributed by atoms with E-state index >= 15 is 0 Å². The molecule has 1 aromatic rings. The molecule has 0 unspecified atom stereocenters. The molecule has 1 heterocycles. The van der Waals surface area contributed by atoms with Gasteiger partial charge >= 0.3 is 0 Å². The molecule has 1 fully saturated rings. The second-order valence-corrected chi connectivity index (χ2v) is 4.61. The van der Waals surface area contributed by atoms with Crippen molar-refractivity contribution in [1.29, 1.82) is 0 Å². The van der Waals surface area contributed by atoms with Crippen LogP contribution in [-0.2, 0) is 16.0 Å². The number of carbonyl (C=O) groups excluding carboxylic acids is 2. The van der Waals surface area contributed by atoms with Crippen LogP contribution < -0.4 is 5.32 Å². The summed E-state index contributed by atoms with van der Waals surface area (Å²) in [5.74, 6) is -0.282. The smallest absolute Gasteiger partial charge is 0.222 e. The summed E-state index contributed by atoms with van der Waals surface area (Å²) in [7, 11) is 0. The van der Waals surface area contributed by atoms with Crippen LogP contribution in [0.25, 0.3) is 0 Å². The van der Waals surface area contributed by atoms with Gasteiger partial charge in [-0.25, -0.2) is 4.39 Å². The van der Waals surface area contributed by atoms with Crippen LogP contribution in [0, 0.1) is 5.82 Å². The first-order valence-electron chi connectivity index (χ1n) is 6.44. The summed E-state index contributed by atoms with van der Waals surface area (Å²) in [5, 5.41) is 2.73. The number of nitrogens with one attached hydrogen (secondary N) is 1. The predicted octanol–water partition coefficient (Wildman–Crippen LogP) is 1.11. The van der Waals surface area contributed by atoms with Gasteiger partial charge in [-0.3, -0.25) is 9.59 Å². The van der Waals surface area contributed by atoms with Crippen molar-refractivity contribution in [3.05, 3.63) is 35.6 Å². The summed E-state index contributed by atoms with van der Waals surface area (Å²) < 4.78 is 13.0. The summed E-state index contributed by atoms with van der Waals surface area (Å²) in [5.41, 5.74) is 0.817. The Morgan fingerprint density at radius 1 is 1.37 bits per heavy atom. The van der Waals surface area contributed by atoms with E-state index in [1.165, 1.54) is 12.1 Å². The predicted molar refractivity (Wildman–Crippen MR) is 68.9 cm³/mol. The fraction of sp³-hybridized carbons (Fsp3) is 0.429. The maximum Gasteiger partial charge on any atom is 0.222 e. The lowest BCUT2D eigenvalue weighted by atomic mass is 10.1. The number of carbonyl (C=O) groups is 2. The maximum absolute atomic E-state index is 13.0. The molecular weight excluding hydrogens is 247 g/mol. The standard InChI is InChI=1S/C14H17FN2O2/c15-12-3-1-2-11(10-12)4-5-14(19)17-8-6-13(18)16-7-9-17/h1-3,10H,4-9H2,(H,16,18). The number of rotatable bonds is 3. The van der Waals surface area contributed by atoms with Gasteiger partial charge in [-0.2, -0.15) is 0 Å². The monoisotopic (exact) mass is 264 g/mol. The normalized spacial score (nSPS) is 15.8. The topological polar surface area (TPSA) is 49.4 Å². The first-order valence-corrected chi connectivity index (χ1v) is 6.44. The molecular formula is C14H17FN2O2. The molecule has 1 saturated heterocycles. The van der Waals surface area contributed by atoms with Crippen LogP contribution in [0.5, 0.6) is 0 Å². The molecule has 1 aliphatic rings.